The molecule has 0 saturated heterocycles. The molecule has 1 aliphatic carbocycles. The molecular formula is C9H12O4. The van der Waals surface area contributed by atoms with Gasteiger partial charge in [0.15, 0.2) is 0 Å². The third kappa shape index (κ3) is 1.71. The maximum Gasteiger partial charge on any atom is 0.331 e. The summed E-state index contributed by atoms with van der Waals surface area (Å²) in [6.45, 7) is 3.48. The average Bonchev–Trinajstić information content (AvgIpc) is 2.25. The molecule has 0 amide bonds. The van der Waals surface area contributed by atoms with Crippen molar-refractivity contribution in [1.29, 1.82) is 0 Å². The number of allylic oxidation sites excluding steroid dienone is 1. The van der Waals surface area contributed by atoms with Gasteiger partial charge in [-0.2, -0.15) is 0 Å². The smallest absolute Gasteiger partial charge is 0.331 e. The summed E-state index contributed by atoms with van der Waals surface area (Å²) < 4.78 is 0. The molecule has 0 aromatic carbocycles. The van der Waals surface area contributed by atoms with Gasteiger partial charge < -0.3 is 10.2 Å². The summed E-state index contributed by atoms with van der Waals surface area (Å²) >= 11 is 0. The fourth-order valence-electron chi connectivity index (χ4n) is 1.65. The van der Waals surface area contributed by atoms with Gasteiger partial charge in [-0.3, -0.25) is 4.79 Å². The molecule has 0 radical (unpaired) electrons. The summed E-state index contributed by atoms with van der Waals surface area (Å²) in [5.74, 6) is -2.56. The first kappa shape index (κ1) is 9.77. The molecule has 0 aromatic heterocycles. The molecule has 2 N–H and O–H groups in total. The summed E-state index contributed by atoms with van der Waals surface area (Å²) in [7, 11) is 0. The Balaban J connectivity index is 2.92. The molecule has 0 saturated carbocycles. The van der Waals surface area contributed by atoms with E-state index in [9.17, 15) is 9.59 Å². The minimum Gasteiger partial charge on any atom is -0.481 e. The molecule has 13 heavy (non-hydrogen) atoms. The van der Waals surface area contributed by atoms with Gasteiger partial charge in [-0.15, -0.1) is 0 Å². The predicted octanol–water partition coefficient (Wildman–Crippen LogP) is 1.13. The molecule has 0 heterocycles. The summed E-state index contributed by atoms with van der Waals surface area (Å²) in [5.41, 5.74) is -0.350. The molecule has 0 fully saturated rings. The van der Waals surface area contributed by atoms with Crippen molar-refractivity contribution in [3.63, 3.8) is 0 Å². The van der Waals surface area contributed by atoms with Crippen molar-refractivity contribution >= 4 is 11.9 Å². The van der Waals surface area contributed by atoms with E-state index in [-0.39, 0.29) is 12.0 Å². The van der Waals surface area contributed by atoms with Crippen molar-refractivity contribution in [3.8, 4) is 0 Å². The van der Waals surface area contributed by atoms with E-state index in [0.717, 1.165) is 0 Å². The Morgan fingerprint density at radius 1 is 1.46 bits per heavy atom. The minimum atomic E-state index is -1.02. The van der Waals surface area contributed by atoms with Gasteiger partial charge >= 0.3 is 11.9 Å². The van der Waals surface area contributed by atoms with Gasteiger partial charge in [-0.25, -0.2) is 4.79 Å². The van der Waals surface area contributed by atoms with Crippen LogP contribution in [0.4, 0.5) is 0 Å². The molecule has 1 rings (SSSR count). The van der Waals surface area contributed by atoms with E-state index in [2.05, 4.69) is 0 Å². The Kier molecular flexibility index (Phi) is 2.15. The predicted molar refractivity (Wildman–Crippen MR) is 45.2 cm³/mol. The quantitative estimate of drug-likeness (QED) is 0.674. The molecule has 0 spiro atoms. The van der Waals surface area contributed by atoms with Gasteiger partial charge in [-0.05, 0) is 11.8 Å². The van der Waals surface area contributed by atoms with E-state index < -0.39 is 23.3 Å². The number of rotatable bonds is 2. The Morgan fingerprint density at radius 3 is 2.23 bits per heavy atom. The van der Waals surface area contributed by atoms with Crippen molar-refractivity contribution < 1.29 is 19.8 Å². The average molecular weight is 184 g/mol. The van der Waals surface area contributed by atoms with E-state index in [1.165, 1.54) is 6.08 Å². The first-order chi connectivity index (χ1) is 5.84. The number of carboxylic acids is 2. The SMILES string of the molecule is CC1(C)C=C(C(=O)O)C[C@H]1C(=O)O. The molecule has 0 aromatic rings. The molecule has 72 valence electrons. The summed E-state index contributed by atoms with van der Waals surface area (Å²) in [6, 6.07) is 0. The highest BCUT2D eigenvalue weighted by atomic mass is 16.4. The number of hydrogen-bond acceptors (Lipinski definition) is 2. The highest BCUT2D eigenvalue weighted by Crippen LogP contribution is 2.40. The van der Waals surface area contributed by atoms with Crippen LogP contribution in [0.25, 0.3) is 0 Å². The number of hydrogen-bond donors (Lipinski definition) is 2. The molecule has 0 bridgehead atoms. The highest BCUT2D eigenvalue weighted by molar-refractivity contribution is 5.89. The first-order valence-electron chi connectivity index (χ1n) is 4.02. The fourth-order valence-corrected chi connectivity index (χ4v) is 1.65. The van der Waals surface area contributed by atoms with E-state index in [1.807, 2.05) is 0 Å². The Bertz CT molecular complexity index is 288. The fraction of sp³-hybridized carbons (Fsp3) is 0.556. The number of carboxylic acid groups (broad SMARTS) is 2. The van der Waals surface area contributed by atoms with Crippen LogP contribution in [-0.4, -0.2) is 22.2 Å². The zero-order valence-corrected chi connectivity index (χ0v) is 7.57. The molecule has 4 heteroatoms. The van der Waals surface area contributed by atoms with Crippen LogP contribution < -0.4 is 0 Å². The van der Waals surface area contributed by atoms with Crippen molar-refractivity contribution in [2.75, 3.05) is 0 Å². The second-order valence-corrected chi connectivity index (χ2v) is 3.89. The Labute approximate surface area is 75.9 Å². The van der Waals surface area contributed by atoms with E-state index >= 15 is 0 Å². The van der Waals surface area contributed by atoms with Gasteiger partial charge in [0.25, 0.3) is 0 Å². The van der Waals surface area contributed by atoms with Crippen molar-refractivity contribution in [3.05, 3.63) is 11.6 Å². The van der Waals surface area contributed by atoms with Crippen molar-refractivity contribution in [2.24, 2.45) is 11.3 Å². The van der Waals surface area contributed by atoms with Crippen LogP contribution in [0.5, 0.6) is 0 Å². The topological polar surface area (TPSA) is 74.6 Å². The summed E-state index contributed by atoms with van der Waals surface area (Å²) in [6.07, 6.45) is 1.66. The Morgan fingerprint density at radius 2 is 2.00 bits per heavy atom. The summed E-state index contributed by atoms with van der Waals surface area (Å²) in [4.78, 5) is 21.4. The van der Waals surface area contributed by atoms with E-state index in [1.54, 1.807) is 13.8 Å². The van der Waals surface area contributed by atoms with Crippen LogP contribution in [0.1, 0.15) is 20.3 Å². The van der Waals surface area contributed by atoms with E-state index in [0.29, 0.717) is 0 Å². The molecule has 1 atom stereocenters. The lowest BCUT2D eigenvalue weighted by Gasteiger charge is -2.21. The maximum absolute atomic E-state index is 10.8. The lowest BCUT2D eigenvalue weighted by molar-refractivity contribution is -0.144. The van der Waals surface area contributed by atoms with Crippen LogP contribution in [0.2, 0.25) is 0 Å². The molecular weight excluding hydrogens is 172 g/mol. The van der Waals surface area contributed by atoms with Crippen molar-refractivity contribution in [1.82, 2.24) is 0 Å². The van der Waals surface area contributed by atoms with Crippen LogP contribution in [0.15, 0.2) is 11.6 Å². The number of aliphatic carboxylic acids is 2. The minimum absolute atomic E-state index is 0.123. The third-order valence-electron chi connectivity index (χ3n) is 2.44. The van der Waals surface area contributed by atoms with Gasteiger partial charge in [-0.1, -0.05) is 19.9 Å². The lowest BCUT2D eigenvalue weighted by atomic mass is 9.82. The molecule has 4 nitrogen and oxygen atoms in total. The van der Waals surface area contributed by atoms with Gasteiger partial charge in [0.05, 0.1) is 5.92 Å². The van der Waals surface area contributed by atoms with Gasteiger partial charge in [0.1, 0.15) is 0 Å². The molecule has 0 aliphatic heterocycles. The van der Waals surface area contributed by atoms with Gasteiger partial charge in [0, 0.05) is 5.57 Å². The number of carbonyl (C=O) groups is 2. The van der Waals surface area contributed by atoms with Crippen molar-refractivity contribution in [2.45, 2.75) is 20.3 Å². The molecule has 0 unspecified atom stereocenters. The normalized spacial score (nSPS) is 25.4. The highest BCUT2D eigenvalue weighted by Gasteiger charge is 2.40. The zero-order valence-electron chi connectivity index (χ0n) is 7.57. The third-order valence-corrected chi connectivity index (χ3v) is 2.44. The lowest BCUT2D eigenvalue weighted by Crippen LogP contribution is -2.25. The second kappa shape index (κ2) is 2.87. The van der Waals surface area contributed by atoms with Crippen LogP contribution in [0.3, 0.4) is 0 Å². The van der Waals surface area contributed by atoms with Gasteiger partial charge in [0.2, 0.25) is 0 Å². The monoisotopic (exact) mass is 184 g/mol. The van der Waals surface area contributed by atoms with E-state index in [4.69, 9.17) is 10.2 Å². The standard InChI is InChI=1S/C9H12O4/c1-9(2)4-5(7(10)11)3-6(9)8(12)13/h4,6H,3H2,1-2H3,(H,10,11)(H,12,13)/t6-/m0/s1. The summed E-state index contributed by atoms with van der Waals surface area (Å²) in [5, 5.41) is 17.5. The first-order valence-corrected chi connectivity index (χ1v) is 4.02. The van der Waals surface area contributed by atoms with Crippen LogP contribution in [-0.2, 0) is 9.59 Å². The van der Waals surface area contributed by atoms with Crippen LogP contribution >= 0.6 is 0 Å². The second-order valence-electron chi connectivity index (χ2n) is 3.89. The van der Waals surface area contributed by atoms with Crippen LogP contribution in [0, 0.1) is 11.3 Å². The largest absolute Gasteiger partial charge is 0.481 e. The maximum atomic E-state index is 10.8. The zero-order chi connectivity index (χ0) is 10.2. The Hall–Kier alpha value is -1.32. The molecule has 1 aliphatic rings.